The van der Waals surface area contributed by atoms with Gasteiger partial charge < -0.3 is 19.5 Å². The van der Waals surface area contributed by atoms with Crippen LogP contribution in [0.4, 0.5) is 4.79 Å². The summed E-state index contributed by atoms with van der Waals surface area (Å²) >= 11 is 0. The van der Waals surface area contributed by atoms with E-state index in [9.17, 15) is 14.4 Å². The van der Waals surface area contributed by atoms with Crippen molar-refractivity contribution in [3.63, 3.8) is 0 Å². The molecule has 0 aromatic heterocycles. The molecule has 1 rings (SSSR count). The minimum atomic E-state index is -1.14. The molecule has 0 heterocycles. The SMILES string of the molecule is CCOc1ccc(C(=O)O[C@@H](C)C(=O)NC(=O)NC(C)C)cc1OC. The number of hydrogen-bond acceptors (Lipinski definition) is 6. The van der Waals surface area contributed by atoms with E-state index in [1.165, 1.54) is 26.2 Å². The van der Waals surface area contributed by atoms with Crippen LogP contribution in [-0.4, -0.2) is 43.8 Å². The number of ether oxygens (including phenoxy) is 3. The van der Waals surface area contributed by atoms with Crippen LogP contribution < -0.4 is 20.1 Å². The van der Waals surface area contributed by atoms with Crippen LogP contribution in [0.15, 0.2) is 18.2 Å². The zero-order valence-corrected chi connectivity index (χ0v) is 15.0. The summed E-state index contributed by atoms with van der Waals surface area (Å²) in [6.07, 6.45) is -1.14. The summed E-state index contributed by atoms with van der Waals surface area (Å²) in [6, 6.07) is 3.78. The van der Waals surface area contributed by atoms with Gasteiger partial charge in [-0.15, -0.1) is 0 Å². The van der Waals surface area contributed by atoms with Crippen LogP contribution >= 0.6 is 0 Å². The lowest BCUT2D eigenvalue weighted by atomic mass is 10.2. The van der Waals surface area contributed by atoms with Gasteiger partial charge in [-0.3, -0.25) is 10.1 Å². The molecule has 0 bridgehead atoms. The number of methoxy groups -OCH3 is 1. The average Bonchev–Trinajstić information content (AvgIpc) is 2.54. The Morgan fingerprint density at radius 3 is 2.36 bits per heavy atom. The molecule has 8 heteroatoms. The van der Waals surface area contributed by atoms with Crippen LogP contribution in [0.25, 0.3) is 0 Å². The highest BCUT2D eigenvalue weighted by Gasteiger charge is 2.22. The molecule has 138 valence electrons. The molecule has 3 amide bonds. The summed E-state index contributed by atoms with van der Waals surface area (Å²) in [6.45, 7) is 7.18. The van der Waals surface area contributed by atoms with Crippen LogP contribution in [-0.2, 0) is 9.53 Å². The van der Waals surface area contributed by atoms with Crippen LogP contribution in [0.3, 0.4) is 0 Å². The number of urea groups is 1. The van der Waals surface area contributed by atoms with Gasteiger partial charge in [0.1, 0.15) is 0 Å². The van der Waals surface area contributed by atoms with Crippen LogP contribution in [0.1, 0.15) is 38.1 Å². The van der Waals surface area contributed by atoms with Gasteiger partial charge in [0.25, 0.3) is 5.91 Å². The Labute approximate surface area is 146 Å². The molecule has 0 saturated heterocycles. The molecule has 8 nitrogen and oxygen atoms in total. The van der Waals surface area contributed by atoms with E-state index in [0.717, 1.165) is 0 Å². The fraction of sp³-hybridized carbons (Fsp3) is 0.471. The number of esters is 1. The summed E-state index contributed by atoms with van der Waals surface area (Å²) in [5.41, 5.74) is 0.201. The van der Waals surface area contributed by atoms with Crippen LogP contribution in [0, 0.1) is 0 Å². The van der Waals surface area contributed by atoms with E-state index < -0.39 is 24.0 Å². The summed E-state index contributed by atoms with van der Waals surface area (Å²) in [5.74, 6) is -0.555. The first kappa shape index (κ1) is 20.3. The fourth-order valence-electron chi connectivity index (χ4n) is 1.86. The molecule has 25 heavy (non-hydrogen) atoms. The lowest BCUT2D eigenvalue weighted by Crippen LogP contribution is -2.46. The standard InChI is InChI=1S/C17H24N2O6/c1-6-24-13-8-7-12(9-14(13)23-5)16(21)25-11(4)15(20)19-17(22)18-10(2)3/h7-11H,6H2,1-5H3,(H2,18,19,20,22)/t11-/m0/s1. The van der Waals surface area contributed by atoms with Crippen molar-refractivity contribution in [2.24, 2.45) is 0 Å². The van der Waals surface area contributed by atoms with E-state index in [1.807, 2.05) is 6.92 Å². The monoisotopic (exact) mass is 352 g/mol. The van der Waals surface area contributed by atoms with Gasteiger partial charge in [0.2, 0.25) is 0 Å². The van der Waals surface area contributed by atoms with Gasteiger partial charge in [-0.25, -0.2) is 9.59 Å². The van der Waals surface area contributed by atoms with E-state index in [4.69, 9.17) is 14.2 Å². The van der Waals surface area contributed by atoms with Crippen LogP contribution in [0.5, 0.6) is 11.5 Å². The summed E-state index contributed by atoms with van der Waals surface area (Å²) in [7, 11) is 1.45. The minimum absolute atomic E-state index is 0.123. The third-order valence-electron chi connectivity index (χ3n) is 3.01. The molecule has 0 radical (unpaired) electrons. The maximum Gasteiger partial charge on any atom is 0.339 e. The molecule has 0 spiro atoms. The predicted molar refractivity (Wildman–Crippen MR) is 90.9 cm³/mol. The lowest BCUT2D eigenvalue weighted by molar-refractivity contribution is -0.127. The van der Waals surface area contributed by atoms with E-state index >= 15 is 0 Å². The molecule has 0 saturated carbocycles. The molecule has 0 fully saturated rings. The number of carbonyl (C=O) groups excluding carboxylic acids is 3. The van der Waals surface area contributed by atoms with Crippen molar-refractivity contribution < 1.29 is 28.6 Å². The van der Waals surface area contributed by atoms with Gasteiger partial charge in [-0.1, -0.05) is 0 Å². The highest BCUT2D eigenvalue weighted by atomic mass is 16.5. The van der Waals surface area contributed by atoms with Crippen LogP contribution in [0.2, 0.25) is 0 Å². The molecular weight excluding hydrogens is 328 g/mol. The number of imide groups is 1. The van der Waals surface area contributed by atoms with Gasteiger partial charge in [-0.2, -0.15) is 0 Å². The summed E-state index contributed by atoms with van der Waals surface area (Å²) in [4.78, 5) is 35.5. The predicted octanol–water partition coefficient (Wildman–Crippen LogP) is 1.87. The average molecular weight is 352 g/mol. The van der Waals surface area contributed by atoms with E-state index in [1.54, 1.807) is 19.9 Å². The van der Waals surface area contributed by atoms with E-state index in [2.05, 4.69) is 10.6 Å². The quantitative estimate of drug-likeness (QED) is 0.726. The molecule has 0 aliphatic rings. The number of hydrogen-bond donors (Lipinski definition) is 2. The smallest absolute Gasteiger partial charge is 0.339 e. The Balaban J connectivity index is 2.71. The van der Waals surface area contributed by atoms with Crippen molar-refractivity contribution in [2.75, 3.05) is 13.7 Å². The zero-order valence-electron chi connectivity index (χ0n) is 15.0. The largest absolute Gasteiger partial charge is 0.493 e. The van der Waals surface area contributed by atoms with Crippen molar-refractivity contribution in [1.29, 1.82) is 0 Å². The van der Waals surface area contributed by atoms with E-state index in [-0.39, 0.29) is 11.6 Å². The maximum atomic E-state index is 12.2. The molecule has 1 aromatic carbocycles. The van der Waals surface area contributed by atoms with Crippen molar-refractivity contribution in [3.8, 4) is 11.5 Å². The summed E-state index contributed by atoms with van der Waals surface area (Å²) < 4.78 is 15.6. The number of carbonyl (C=O) groups is 3. The van der Waals surface area contributed by atoms with Crippen molar-refractivity contribution in [2.45, 2.75) is 39.8 Å². The lowest BCUT2D eigenvalue weighted by Gasteiger charge is -2.15. The highest BCUT2D eigenvalue weighted by Crippen LogP contribution is 2.28. The topological polar surface area (TPSA) is 103 Å². The third kappa shape index (κ3) is 6.33. The first-order chi connectivity index (χ1) is 11.8. The molecule has 0 aliphatic carbocycles. The second kappa shape index (κ2) is 9.51. The third-order valence-corrected chi connectivity index (χ3v) is 3.01. The number of nitrogens with one attached hydrogen (secondary N) is 2. The molecule has 2 N–H and O–H groups in total. The molecule has 0 unspecified atom stereocenters. The van der Waals surface area contributed by atoms with Gasteiger partial charge in [0.05, 0.1) is 19.3 Å². The molecular formula is C17H24N2O6. The number of rotatable bonds is 7. The van der Waals surface area contributed by atoms with Crippen molar-refractivity contribution in [3.05, 3.63) is 23.8 Å². The Bertz CT molecular complexity index is 630. The van der Waals surface area contributed by atoms with Gasteiger partial charge in [-0.05, 0) is 45.9 Å². The fourth-order valence-corrected chi connectivity index (χ4v) is 1.86. The number of amides is 3. The first-order valence-corrected chi connectivity index (χ1v) is 7.91. The Morgan fingerprint density at radius 2 is 1.80 bits per heavy atom. The van der Waals surface area contributed by atoms with E-state index in [0.29, 0.717) is 18.1 Å². The Morgan fingerprint density at radius 1 is 1.12 bits per heavy atom. The molecule has 0 aliphatic heterocycles. The van der Waals surface area contributed by atoms with Gasteiger partial charge >= 0.3 is 12.0 Å². The number of benzene rings is 1. The maximum absolute atomic E-state index is 12.2. The van der Waals surface area contributed by atoms with Gasteiger partial charge in [0, 0.05) is 6.04 Å². The second-order valence-corrected chi connectivity index (χ2v) is 5.46. The minimum Gasteiger partial charge on any atom is -0.493 e. The highest BCUT2D eigenvalue weighted by molar-refractivity contribution is 5.98. The van der Waals surface area contributed by atoms with Crippen molar-refractivity contribution >= 4 is 17.9 Å². The normalized spacial score (nSPS) is 11.4. The second-order valence-electron chi connectivity index (χ2n) is 5.46. The molecule has 1 atom stereocenters. The summed E-state index contributed by atoms with van der Waals surface area (Å²) in [5, 5.41) is 4.61. The van der Waals surface area contributed by atoms with Gasteiger partial charge in [0.15, 0.2) is 17.6 Å². The van der Waals surface area contributed by atoms with Crippen molar-refractivity contribution in [1.82, 2.24) is 10.6 Å². The molecule has 1 aromatic rings. The zero-order chi connectivity index (χ0) is 19.0. The Kier molecular flexibility index (Phi) is 7.71. The first-order valence-electron chi connectivity index (χ1n) is 7.91. The Hall–Kier alpha value is -2.77.